The van der Waals surface area contributed by atoms with Crippen molar-refractivity contribution in [3.05, 3.63) is 24.3 Å². The molecule has 5 nitrogen and oxygen atoms in total. The van der Waals surface area contributed by atoms with Crippen molar-refractivity contribution >= 4 is 23.2 Å². The molecule has 32 heavy (non-hydrogen) atoms. The minimum Gasteiger partial charge on any atom is -0.372 e. The first-order valence-electron chi connectivity index (χ1n) is 13.2. The average molecular weight is 440 g/mol. The van der Waals surface area contributed by atoms with Crippen molar-refractivity contribution in [1.82, 2.24) is 5.32 Å². The number of amides is 2. The van der Waals surface area contributed by atoms with Gasteiger partial charge in [-0.3, -0.25) is 9.59 Å². The SMILES string of the molecule is O=C(NC1CCCCCCCCCCC1)C1CC(=O)N(c2ccc(N3CCCC3)cc2)C1. The Morgan fingerprint density at radius 2 is 1.28 bits per heavy atom. The molecule has 1 aromatic carbocycles. The van der Waals surface area contributed by atoms with Crippen molar-refractivity contribution in [2.45, 2.75) is 95.9 Å². The molecule has 2 saturated heterocycles. The lowest BCUT2D eigenvalue weighted by Crippen LogP contribution is -2.40. The summed E-state index contributed by atoms with van der Waals surface area (Å²) >= 11 is 0. The van der Waals surface area contributed by atoms with Crippen LogP contribution in [0.4, 0.5) is 11.4 Å². The molecule has 2 aliphatic heterocycles. The largest absolute Gasteiger partial charge is 0.372 e. The minimum atomic E-state index is -0.234. The Bertz CT molecular complexity index is 730. The van der Waals surface area contributed by atoms with Crippen LogP contribution in [-0.4, -0.2) is 37.5 Å². The van der Waals surface area contributed by atoms with Gasteiger partial charge in [0.05, 0.1) is 5.92 Å². The van der Waals surface area contributed by atoms with Gasteiger partial charge in [0.2, 0.25) is 11.8 Å². The van der Waals surface area contributed by atoms with E-state index < -0.39 is 0 Å². The lowest BCUT2D eigenvalue weighted by molar-refractivity contribution is -0.127. The molecule has 0 spiro atoms. The van der Waals surface area contributed by atoms with Crippen molar-refractivity contribution in [1.29, 1.82) is 0 Å². The summed E-state index contributed by atoms with van der Waals surface area (Å²) in [5, 5.41) is 3.33. The van der Waals surface area contributed by atoms with Crippen LogP contribution in [0.3, 0.4) is 0 Å². The first-order valence-corrected chi connectivity index (χ1v) is 13.2. The lowest BCUT2D eigenvalue weighted by Gasteiger charge is -2.22. The van der Waals surface area contributed by atoms with Gasteiger partial charge in [0.25, 0.3) is 0 Å². The summed E-state index contributed by atoms with van der Waals surface area (Å²) in [5.74, 6) is -0.0912. The average Bonchev–Trinajstić information content (AvgIpc) is 3.46. The summed E-state index contributed by atoms with van der Waals surface area (Å²) in [5.41, 5.74) is 2.15. The highest BCUT2D eigenvalue weighted by Gasteiger charge is 2.35. The second kappa shape index (κ2) is 11.7. The number of nitrogens with zero attached hydrogens (tertiary/aromatic N) is 2. The highest BCUT2D eigenvalue weighted by Crippen LogP contribution is 2.29. The maximum absolute atomic E-state index is 13.0. The molecule has 3 fully saturated rings. The predicted molar refractivity (Wildman–Crippen MR) is 131 cm³/mol. The molecule has 0 radical (unpaired) electrons. The maximum atomic E-state index is 13.0. The second-order valence-electron chi connectivity index (χ2n) is 10.1. The second-order valence-corrected chi connectivity index (χ2v) is 10.1. The van der Waals surface area contributed by atoms with Crippen LogP contribution in [0.2, 0.25) is 0 Å². The summed E-state index contributed by atoms with van der Waals surface area (Å²) in [6.45, 7) is 2.73. The molecule has 176 valence electrons. The molecule has 1 aromatic rings. The topological polar surface area (TPSA) is 52.7 Å². The van der Waals surface area contributed by atoms with E-state index in [0.29, 0.717) is 13.0 Å². The van der Waals surface area contributed by atoms with Crippen LogP contribution >= 0.6 is 0 Å². The fourth-order valence-electron chi connectivity index (χ4n) is 5.58. The van der Waals surface area contributed by atoms with Gasteiger partial charge in [-0.1, -0.05) is 57.8 Å². The summed E-state index contributed by atoms with van der Waals surface area (Å²) in [6, 6.07) is 8.58. The molecule has 1 atom stereocenters. The molecule has 0 bridgehead atoms. The summed E-state index contributed by atoms with van der Waals surface area (Å²) < 4.78 is 0. The van der Waals surface area contributed by atoms with Gasteiger partial charge < -0.3 is 15.1 Å². The third-order valence-corrected chi connectivity index (χ3v) is 7.58. The van der Waals surface area contributed by atoms with Crippen LogP contribution in [-0.2, 0) is 9.59 Å². The normalized spacial score (nSPS) is 24.2. The van der Waals surface area contributed by atoms with Gasteiger partial charge in [-0.15, -0.1) is 0 Å². The molecule has 1 N–H and O–H groups in total. The van der Waals surface area contributed by atoms with Gasteiger partial charge in [-0.25, -0.2) is 0 Å². The van der Waals surface area contributed by atoms with E-state index in [9.17, 15) is 9.59 Å². The predicted octanol–water partition coefficient (Wildman–Crippen LogP) is 5.43. The number of hydrogen-bond acceptors (Lipinski definition) is 3. The van der Waals surface area contributed by atoms with Crippen LogP contribution in [0.5, 0.6) is 0 Å². The van der Waals surface area contributed by atoms with Crippen LogP contribution in [0.1, 0.15) is 89.9 Å². The summed E-state index contributed by atoms with van der Waals surface area (Å²) in [7, 11) is 0. The quantitative estimate of drug-likeness (QED) is 0.681. The molecule has 5 heteroatoms. The standard InChI is InChI=1S/C27H41N3O2/c31-26-20-22(21-30(26)25-16-14-24(15-17-25)29-18-10-11-19-29)27(32)28-23-12-8-6-4-2-1-3-5-7-9-13-23/h14-17,22-23H,1-13,18-21H2,(H,28,32). The number of rotatable bonds is 4. The van der Waals surface area contributed by atoms with Crippen LogP contribution < -0.4 is 15.1 Å². The molecule has 1 unspecified atom stereocenters. The first-order chi connectivity index (χ1) is 15.7. The number of benzene rings is 1. The van der Waals surface area contributed by atoms with Crippen molar-refractivity contribution in [2.75, 3.05) is 29.4 Å². The van der Waals surface area contributed by atoms with Crippen molar-refractivity contribution in [2.24, 2.45) is 5.92 Å². The Hall–Kier alpha value is -2.04. The van der Waals surface area contributed by atoms with Gasteiger partial charge in [0.15, 0.2) is 0 Å². The lowest BCUT2D eigenvalue weighted by atomic mass is 9.97. The molecule has 0 aromatic heterocycles. The molecule has 2 heterocycles. The summed E-state index contributed by atoms with van der Waals surface area (Å²) in [6.07, 6.45) is 16.7. The zero-order valence-corrected chi connectivity index (χ0v) is 19.7. The third kappa shape index (κ3) is 6.26. The van der Waals surface area contributed by atoms with Gasteiger partial charge in [-0.2, -0.15) is 0 Å². The molecular formula is C27H41N3O2. The van der Waals surface area contributed by atoms with Gasteiger partial charge in [0, 0.05) is 43.5 Å². The monoisotopic (exact) mass is 439 g/mol. The maximum Gasteiger partial charge on any atom is 0.227 e. The van der Waals surface area contributed by atoms with E-state index in [1.165, 1.54) is 76.3 Å². The summed E-state index contributed by atoms with van der Waals surface area (Å²) in [4.78, 5) is 30.0. The number of carbonyl (C=O) groups excluding carboxylic acids is 2. The highest BCUT2D eigenvalue weighted by atomic mass is 16.2. The Labute approximate surface area is 193 Å². The van der Waals surface area contributed by atoms with Gasteiger partial charge in [0.1, 0.15) is 0 Å². The van der Waals surface area contributed by atoms with E-state index in [4.69, 9.17) is 0 Å². The van der Waals surface area contributed by atoms with Crippen LogP contribution in [0.15, 0.2) is 24.3 Å². The number of anilines is 2. The number of carbonyl (C=O) groups is 2. The van der Waals surface area contributed by atoms with E-state index in [-0.39, 0.29) is 23.8 Å². The fraction of sp³-hybridized carbons (Fsp3) is 0.704. The van der Waals surface area contributed by atoms with E-state index >= 15 is 0 Å². The molecule has 3 aliphatic rings. The smallest absolute Gasteiger partial charge is 0.227 e. The van der Waals surface area contributed by atoms with E-state index in [0.717, 1.165) is 31.6 Å². The molecule has 4 rings (SSSR count). The zero-order chi connectivity index (χ0) is 22.2. The van der Waals surface area contributed by atoms with Gasteiger partial charge in [-0.05, 0) is 49.9 Å². The highest BCUT2D eigenvalue weighted by molar-refractivity contribution is 6.00. The Balaban J connectivity index is 1.30. The number of hydrogen-bond donors (Lipinski definition) is 1. The molecular weight excluding hydrogens is 398 g/mol. The van der Waals surface area contributed by atoms with Crippen molar-refractivity contribution < 1.29 is 9.59 Å². The molecule has 2 amide bonds. The van der Waals surface area contributed by atoms with Crippen molar-refractivity contribution in [3.63, 3.8) is 0 Å². The minimum absolute atomic E-state index is 0.0674. The van der Waals surface area contributed by atoms with E-state index in [2.05, 4.69) is 22.3 Å². The van der Waals surface area contributed by atoms with Crippen LogP contribution in [0.25, 0.3) is 0 Å². The Kier molecular flexibility index (Phi) is 8.47. The van der Waals surface area contributed by atoms with Crippen LogP contribution in [0, 0.1) is 5.92 Å². The number of nitrogens with one attached hydrogen (secondary N) is 1. The molecule has 1 saturated carbocycles. The Morgan fingerprint density at radius 3 is 1.88 bits per heavy atom. The third-order valence-electron chi connectivity index (χ3n) is 7.58. The fourth-order valence-corrected chi connectivity index (χ4v) is 5.58. The van der Waals surface area contributed by atoms with Gasteiger partial charge >= 0.3 is 0 Å². The van der Waals surface area contributed by atoms with Crippen molar-refractivity contribution in [3.8, 4) is 0 Å². The van der Waals surface area contributed by atoms with E-state index in [1.54, 1.807) is 4.90 Å². The van der Waals surface area contributed by atoms with E-state index in [1.807, 2.05) is 12.1 Å². The Morgan fingerprint density at radius 1 is 0.750 bits per heavy atom. The molecule has 1 aliphatic carbocycles. The first kappa shape index (κ1) is 23.1. The zero-order valence-electron chi connectivity index (χ0n) is 19.7.